The average Bonchev–Trinajstić information content (AvgIpc) is 2.80. The minimum atomic E-state index is -3.73. The Morgan fingerprint density at radius 1 is 0.485 bits per heavy atom. The van der Waals surface area contributed by atoms with Crippen molar-refractivity contribution in [3.63, 3.8) is 0 Å². The summed E-state index contributed by atoms with van der Waals surface area (Å²) in [5.74, 6) is -0.0799. The molecule has 0 aromatic heterocycles. The van der Waals surface area contributed by atoms with E-state index in [1.54, 1.807) is 0 Å². The van der Waals surface area contributed by atoms with Gasteiger partial charge in [0.05, 0.1) is 5.75 Å². The van der Waals surface area contributed by atoms with E-state index >= 15 is 0 Å². The van der Waals surface area contributed by atoms with Crippen molar-refractivity contribution in [2.24, 2.45) is 0 Å². The van der Waals surface area contributed by atoms with Gasteiger partial charge in [-0.2, -0.15) is 34.1 Å². The van der Waals surface area contributed by atoms with E-state index in [0.717, 1.165) is 38.5 Å². The minimum absolute atomic E-state index is 0. The van der Waals surface area contributed by atoms with Crippen molar-refractivity contribution in [2.75, 3.05) is 5.75 Å². The van der Waals surface area contributed by atoms with Gasteiger partial charge in [-0.15, -0.1) is 0 Å². The van der Waals surface area contributed by atoms with Crippen LogP contribution in [0.3, 0.4) is 0 Å². The molecular formula is C28H62FeO3S. The van der Waals surface area contributed by atoms with Crippen LogP contribution in [0, 0.1) is 27.7 Å². The maximum Gasteiger partial charge on any atom is 4.00 e. The average molecular weight is 535 g/mol. The predicted octanol–water partition coefficient (Wildman–Crippen LogP) is 10.3. The molecule has 0 bridgehead atoms. The fourth-order valence-electron chi connectivity index (χ4n) is 1.77. The maximum absolute atomic E-state index is 10.4. The molecule has 5 heteroatoms. The number of hydrogen-bond acceptors (Lipinski definition) is 2. The van der Waals surface area contributed by atoms with E-state index in [1.807, 2.05) is 0 Å². The zero-order valence-electron chi connectivity index (χ0n) is 23.3. The van der Waals surface area contributed by atoms with Crippen molar-refractivity contribution < 1.29 is 30.0 Å². The topological polar surface area (TPSA) is 54.4 Å². The van der Waals surface area contributed by atoms with E-state index in [-0.39, 0.29) is 22.8 Å². The number of unbranched alkanes of at least 4 members (excludes halogenated alkanes) is 13. The third-order valence-electron chi connectivity index (χ3n) is 4.17. The molecule has 0 radical (unpaired) electrons. The summed E-state index contributed by atoms with van der Waals surface area (Å²) >= 11 is 0. The van der Waals surface area contributed by atoms with Crippen LogP contribution in [0.15, 0.2) is 0 Å². The van der Waals surface area contributed by atoms with Gasteiger partial charge < -0.3 is 27.7 Å². The standard InChI is InChI=1S/C12H26O3S.4C4H9.Fe/c1-2-3-4-5-6-7-8-9-10-11-12-16(13,14)15;4*1-3-4-2;/h2-12H2,1H3,(H,13,14,15);4*1,3-4H2,2H3;/q;4*-1;+4. The molecule has 0 unspecified atom stereocenters. The van der Waals surface area contributed by atoms with E-state index in [1.165, 1.54) is 70.6 Å². The van der Waals surface area contributed by atoms with Gasteiger partial charge in [-0.25, -0.2) is 0 Å². The minimum Gasteiger partial charge on any atom is -0.343 e. The molecule has 0 rings (SSSR count). The van der Waals surface area contributed by atoms with E-state index < -0.39 is 10.1 Å². The second-order valence-corrected chi connectivity index (χ2v) is 9.45. The summed E-state index contributed by atoms with van der Waals surface area (Å²) in [6.07, 6.45) is 20.8. The van der Waals surface area contributed by atoms with Gasteiger partial charge >= 0.3 is 17.1 Å². The first-order chi connectivity index (χ1) is 15.2. The Morgan fingerprint density at radius 3 is 0.879 bits per heavy atom. The fourth-order valence-corrected chi connectivity index (χ4v) is 2.34. The van der Waals surface area contributed by atoms with Crippen LogP contribution < -0.4 is 0 Å². The SMILES string of the molecule is CCCCCCCCCCCCS(=O)(=O)O.[CH2-]CCC.[CH2-]CCC.[CH2-]CCC.[CH2-]CCC.[Fe+4]. The third-order valence-corrected chi connectivity index (χ3v) is 4.97. The van der Waals surface area contributed by atoms with Crippen molar-refractivity contribution in [1.82, 2.24) is 0 Å². The van der Waals surface area contributed by atoms with Gasteiger partial charge in [-0.1, -0.05) is 118 Å². The van der Waals surface area contributed by atoms with Crippen LogP contribution in [0.4, 0.5) is 0 Å². The summed E-state index contributed by atoms with van der Waals surface area (Å²) in [4.78, 5) is 0. The Labute approximate surface area is 223 Å². The molecule has 3 nitrogen and oxygen atoms in total. The number of hydrogen-bond donors (Lipinski definition) is 1. The normalized spacial score (nSPS) is 9.39. The van der Waals surface area contributed by atoms with E-state index in [0.29, 0.717) is 6.42 Å². The molecule has 0 amide bonds. The summed E-state index contributed by atoms with van der Waals surface area (Å²) in [7, 11) is -3.73. The molecule has 0 aromatic rings. The maximum atomic E-state index is 10.4. The van der Waals surface area contributed by atoms with Gasteiger partial charge in [0, 0.05) is 0 Å². The molecule has 0 heterocycles. The van der Waals surface area contributed by atoms with Gasteiger partial charge in [0.25, 0.3) is 10.1 Å². The van der Waals surface area contributed by atoms with Crippen molar-refractivity contribution in [2.45, 2.75) is 150 Å². The third kappa shape index (κ3) is 98.8. The van der Waals surface area contributed by atoms with Gasteiger partial charge in [0.2, 0.25) is 0 Å². The molecule has 0 atom stereocenters. The molecule has 0 aliphatic heterocycles. The van der Waals surface area contributed by atoms with Crippen LogP contribution in [0.25, 0.3) is 0 Å². The van der Waals surface area contributed by atoms with Gasteiger partial charge in [-0.05, 0) is 6.42 Å². The van der Waals surface area contributed by atoms with Gasteiger partial charge in [0.1, 0.15) is 0 Å². The zero-order valence-corrected chi connectivity index (χ0v) is 25.2. The van der Waals surface area contributed by atoms with Crippen LogP contribution in [0.5, 0.6) is 0 Å². The van der Waals surface area contributed by atoms with E-state index in [4.69, 9.17) is 4.55 Å². The van der Waals surface area contributed by atoms with Crippen LogP contribution in [-0.4, -0.2) is 18.7 Å². The first-order valence-electron chi connectivity index (χ1n) is 13.3. The smallest absolute Gasteiger partial charge is 0.343 e. The largest absolute Gasteiger partial charge is 4.00 e. The predicted molar refractivity (Wildman–Crippen MR) is 149 cm³/mol. The summed E-state index contributed by atoms with van der Waals surface area (Å²) in [6, 6.07) is 0. The molecule has 0 fully saturated rings. The number of rotatable bonds is 15. The molecule has 206 valence electrons. The molecule has 1 N–H and O–H groups in total. The second kappa shape index (κ2) is 49.5. The summed E-state index contributed by atoms with van der Waals surface area (Å²) in [6.45, 7) is 25.1. The Kier molecular flexibility index (Phi) is 70.1. The van der Waals surface area contributed by atoms with Gasteiger partial charge in [0.15, 0.2) is 0 Å². The van der Waals surface area contributed by atoms with Crippen molar-refractivity contribution in [3.05, 3.63) is 27.7 Å². The summed E-state index contributed by atoms with van der Waals surface area (Å²) < 4.78 is 29.4. The monoisotopic (exact) mass is 534 g/mol. The van der Waals surface area contributed by atoms with Crippen molar-refractivity contribution in [3.8, 4) is 0 Å². The molecule has 33 heavy (non-hydrogen) atoms. The Morgan fingerprint density at radius 2 is 0.697 bits per heavy atom. The fraction of sp³-hybridized carbons (Fsp3) is 0.857. The zero-order chi connectivity index (χ0) is 25.9. The molecule has 0 spiro atoms. The molecule has 0 saturated heterocycles. The van der Waals surface area contributed by atoms with E-state index in [2.05, 4.69) is 62.3 Å². The van der Waals surface area contributed by atoms with Gasteiger partial charge in [-0.3, -0.25) is 4.55 Å². The molecular weight excluding hydrogens is 472 g/mol. The van der Waals surface area contributed by atoms with Crippen molar-refractivity contribution >= 4 is 10.1 Å². The molecule has 0 aliphatic rings. The molecule has 0 aliphatic carbocycles. The first-order valence-corrected chi connectivity index (χ1v) is 14.9. The Bertz CT molecular complexity index is 323. The quantitative estimate of drug-likeness (QED) is 0.0984. The summed E-state index contributed by atoms with van der Waals surface area (Å²) in [5.41, 5.74) is 0. The Balaban J connectivity index is -0.0000000875. The molecule has 0 saturated carbocycles. The first kappa shape index (κ1) is 46.7. The summed E-state index contributed by atoms with van der Waals surface area (Å²) in [5, 5.41) is 0. The van der Waals surface area contributed by atoms with Crippen LogP contribution in [-0.2, 0) is 27.2 Å². The van der Waals surface area contributed by atoms with Crippen molar-refractivity contribution in [1.29, 1.82) is 0 Å². The molecule has 0 aromatic carbocycles. The second-order valence-electron chi connectivity index (χ2n) is 7.88. The van der Waals surface area contributed by atoms with E-state index in [9.17, 15) is 8.42 Å². The van der Waals surface area contributed by atoms with Crippen LogP contribution >= 0.6 is 0 Å². The Hall–Kier alpha value is 0.429. The van der Waals surface area contributed by atoms with Crippen LogP contribution in [0.2, 0.25) is 0 Å². The van der Waals surface area contributed by atoms with Crippen LogP contribution in [0.1, 0.15) is 150 Å².